The number of rotatable bonds is 3. The second-order valence-corrected chi connectivity index (χ2v) is 5.04. The number of nitrogens with two attached hydrogens (primary N) is 1. The largest absolute Gasteiger partial charge is 0.370 e. The van der Waals surface area contributed by atoms with Crippen LogP contribution in [0.15, 0.2) is 29.3 Å². The number of halogens is 1. The summed E-state index contributed by atoms with van der Waals surface area (Å²) < 4.78 is 0. The summed E-state index contributed by atoms with van der Waals surface area (Å²) in [6.07, 6.45) is 4.60. The quantitative estimate of drug-likeness (QED) is 0.674. The molecule has 1 aromatic carbocycles. The minimum absolute atomic E-state index is 0.682. The van der Waals surface area contributed by atoms with Crippen LogP contribution < -0.4 is 5.73 Å². The molecule has 18 heavy (non-hydrogen) atoms. The molecule has 0 unspecified atom stereocenters. The lowest BCUT2D eigenvalue weighted by molar-refractivity contribution is 0.338. The molecule has 0 bridgehead atoms. The van der Waals surface area contributed by atoms with E-state index in [4.69, 9.17) is 17.3 Å². The summed E-state index contributed by atoms with van der Waals surface area (Å²) in [5.74, 6) is 0.682. The van der Waals surface area contributed by atoms with E-state index in [0.29, 0.717) is 12.5 Å². The highest BCUT2D eigenvalue weighted by Crippen LogP contribution is 2.15. The van der Waals surface area contributed by atoms with Crippen LogP contribution >= 0.6 is 11.6 Å². The molecule has 1 aliphatic rings. The van der Waals surface area contributed by atoms with Gasteiger partial charge in [-0.1, -0.05) is 29.8 Å². The second-order valence-electron chi connectivity index (χ2n) is 4.63. The van der Waals surface area contributed by atoms with Crippen LogP contribution in [0.3, 0.4) is 0 Å². The van der Waals surface area contributed by atoms with Crippen LogP contribution in [0.4, 0.5) is 0 Å². The Balaban J connectivity index is 1.85. The van der Waals surface area contributed by atoms with Gasteiger partial charge in [0, 0.05) is 24.7 Å². The molecule has 0 saturated carbocycles. The van der Waals surface area contributed by atoms with Crippen molar-refractivity contribution < 1.29 is 0 Å². The third kappa shape index (κ3) is 3.64. The van der Waals surface area contributed by atoms with Gasteiger partial charge in [0.1, 0.15) is 0 Å². The Labute approximate surface area is 114 Å². The van der Waals surface area contributed by atoms with Gasteiger partial charge in [0.2, 0.25) is 0 Å². The number of nitrogens with zero attached hydrogens (tertiary/aromatic N) is 2. The summed E-state index contributed by atoms with van der Waals surface area (Å²) in [7, 11) is 0. The van der Waals surface area contributed by atoms with Crippen LogP contribution in [0.1, 0.15) is 24.8 Å². The topological polar surface area (TPSA) is 41.6 Å². The molecule has 3 nitrogen and oxygen atoms in total. The third-order valence-corrected chi connectivity index (χ3v) is 3.66. The van der Waals surface area contributed by atoms with Crippen LogP contribution in [0.5, 0.6) is 0 Å². The summed E-state index contributed by atoms with van der Waals surface area (Å²) >= 11 is 6.10. The lowest BCUT2D eigenvalue weighted by atomic mass is 10.1. The standard InChI is InChI=1S/C14H20ClN3/c15-13-7-3-2-6-12(13)8-9-17-14(16)18-10-4-1-5-11-18/h2-3,6-7H,1,4-5,8-11H2,(H2,16,17). The van der Waals surface area contributed by atoms with Gasteiger partial charge >= 0.3 is 0 Å². The van der Waals surface area contributed by atoms with E-state index in [1.807, 2.05) is 24.3 Å². The van der Waals surface area contributed by atoms with Crippen molar-refractivity contribution in [2.24, 2.45) is 10.7 Å². The first kappa shape index (κ1) is 13.2. The smallest absolute Gasteiger partial charge is 0.191 e. The van der Waals surface area contributed by atoms with E-state index in [1.165, 1.54) is 19.3 Å². The molecular weight excluding hydrogens is 246 g/mol. The van der Waals surface area contributed by atoms with Crippen LogP contribution in [-0.4, -0.2) is 30.5 Å². The molecule has 0 atom stereocenters. The molecule has 0 aliphatic carbocycles. The fraction of sp³-hybridized carbons (Fsp3) is 0.500. The molecule has 98 valence electrons. The highest BCUT2D eigenvalue weighted by molar-refractivity contribution is 6.31. The maximum Gasteiger partial charge on any atom is 0.191 e. The van der Waals surface area contributed by atoms with Crippen molar-refractivity contribution in [1.29, 1.82) is 0 Å². The van der Waals surface area contributed by atoms with Crippen molar-refractivity contribution in [3.63, 3.8) is 0 Å². The maximum absolute atomic E-state index is 6.10. The predicted octanol–water partition coefficient (Wildman–Crippen LogP) is 2.68. The number of hydrogen-bond donors (Lipinski definition) is 1. The van der Waals surface area contributed by atoms with Gasteiger partial charge < -0.3 is 10.6 Å². The van der Waals surface area contributed by atoms with Crippen molar-refractivity contribution >= 4 is 17.6 Å². The maximum atomic E-state index is 6.10. The number of aliphatic imine (C=N–C) groups is 1. The van der Waals surface area contributed by atoms with Gasteiger partial charge in [-0.3, -0.25) is 4.99 Å². The van der Waals surface area contributed by atoms with Gasteiger partial charge in [0.25, 0.3) is 0 Å². The van der Waals surface area contributed by atoms with E-state index in [-0.39, 0.29) is 0 Å². The van der Waals surface area contributed by atoms with Gasteiger partial charge in [-0.15, -0.1) is 0 Å². The van der Waals surface area contributed by atoms with Crippen LogP contribution in [0.2, 0.25) is 5.02 Å². The van der Waals surface area contributed by atoms with Crippen molar-refractivity contribution in [2.75, 3.05) is 19.6 Å². The number of piperidine rings is 1. The average molecular weight is 266 g/mol. The molecule has 0 radical (unpaired) electrons. The van der Waals surface area contributed by atoms with Gasteiger partial charge in [-0.05, 0) is 37.3 Å². The van der Waals surface area contributed by atoms with Gasteiger partial charge in [0.15, 0.2) is 5.96 Å². The van der Waals surface area contributed by atoms with Gasteiger partial charge in [-0.25, -0.2) is 0 Å². The normalized spacial score (nSPS) is 16.9. The number of benzene rings is 1. The fourth-order valence-corrected chi connectivity index (χ4v) is 2.45. The monoisotopic (exact) mass is 265 g/mol. The molecule has 1 saturated heterocycles. The number of likely N-dealkylation sites (tertiary alicyclic amines) is 1. The van der Waals surface area contributed by atoms with Crippen LogP contribution in [0, 0.1) is 0 Å². The zero-order valence-electron chi connectivity index (χ0n) is 10.6. The Kier molecular flexibility index (Phi) is 4.88. The number of hydrogen-bond acceptors (Lipinski definition) is 1. The first-order valence-electron chi connectivity index (χ1n) is 6.55. The summed E-state index contributed by atoms with van der Waals surface area (Å²) in [6, 6.07) is 7.89. The van der Waals surface area contributed by atoms with Crippen molar-refractivity contribution in [2.45, 2.75) is 25.7 Å². The molecule has 2 N–H and O–H groups in total. The first-order valence-corrected chi connectivity index (χ1v) is 6.93. The van der Waals surface area contributed by atoms with Crippen molar-refractivity contribution in [3.05, 3.63) is 34.9 Å². The molecule has 4 heteroatoms. The summed E-state index contributed by atoms with van der Waals surface area (Å²) in [4.78, 5) is 6.62. The average Bonchev–Trinajstić information content (AvgIpc) is 2.42. The van der Waals surface area contributed by atoms with Gasteiger partial charge in [-0.2, -0.15) is 0 Å². The molecule has 1 heterocycles. The molecule has 1 fully saturated rings. The summed E-state index contributed by atoms with van der Waals surface area (Å²) in [6.45, 7) is 2.79. The first-order chi connectivity index (χ1) is 8.77. The zero-order valence-corrected chi connectivity index (χ0v) is 11.4. The third-order valence-electron chi connectivity index (χ3n) is 3.29. The highest BCUT2D eigenvalue weighted by atomic mass is 35.5. The number of guanidine groups is 1. The zero-order chi connectivity index (χ0) is 12.8. The predicted molar refractivity (Wildman–Crippen MR) is 77.1 cm³/mol. The lowest BCUT2D eigenvalue weighted by Crippen LogP contribution is -2.41. The summed E-state index contributed by atoms with van der Waals surface area (Å²) in [5, 5.41) is 0.809. The Morgan fingerprint density at radius 2 is 1.94 bits per heavy atom. The molecule has 1 aromatic rings. The summed E-state index contributed by atoms with van der Waals surface area (Å²) in [5.41, 5.74) is 7.13. The van der Waals surface area contributed by atoms with E-state index in [2.05, 4.69) is 9.89 Å². The van der Waals surface area contributed by atoms with Crippen molar-refractivity contribution in [1.82, 2.24) is 4.90 Å². The molecule has 1 aliphatic heterocycles. The minimum Gasteiger partial charge on any atom is -0.370 e. The Hall–Kier alpha value is -1.22. The van der Waals surface area contributed by atoms with Crippen molar-refractivity contribution in [3.8, 4) is 0 Å². The highest BCUT2D eigenvalue weighted by Gasteiger charge is 2.11. The van der Waals surface area contributed by atoms with Crippen LogP contribution in [0.25, 0.3) is 0 Å². The van der Waals surface area contributed by atoms with E-state index >= 15 is 0 Å². The fourth-order valence-electron chi connectivity index (χ4n) is 2.22. The van der Waals surface area contributed by atoms with Crippen LogP contribution in [-0.2, 0) is 6.42 Å². The molecule has 0 amide bonds. The van der Waals surface area contributed by atoms with E-state index in [9.17, 15) is 0 Å². The Morgan fingerprint density at radius 1 is 1.22 bits per heavy atom. The molecular formula is C14H20ClN3. The molecule has 2 rings (SSSR count). The Morgan fingerprint density at radius 3 is 2.67 bits per heavy atom. The van der Waals surface area contributed by atoms with Gasteiger partial charge in [0.05, 0.1) is 0 Å². The molecule has 0 aromatic heterocycles. The van der Waals surface area contributed by atoms with E-state index in [0.717, 1.165) is 30.1 Å². The van der Waals surface area contributed by atoms with E-state index < -0.39 is 0 Å². The van der Waals surface area contributed by atoms with E-state index in [1.54, 1.807) is 0 Å². The molecule has 0 spiro atoms. The minimum atomic E-state index is 0.682. The Bertz CT molecular complexity index is 411. The SMILES string of the molecule is NC(=NCCc1ccccc1Cl)N1CCCCC1. The lowest BCUT2D eigenvalue weighted by Gasteiger charge is -2.27. The second kappa shape index (κ2) is 6.64.